The average Bonchev–Trinajstić information content (AvgIpc) is 3.01. The molecule has 0 aliphatic heterocycles. The Labute approximate surface area is 172 Å². The molecule has 0 spiro atoms. The van der Waals surface area contributed by atoms with Crippen LogP contribution in [-0.2, 0) is 16.6 Å². The van der Waals surface area contributed by atoms with E-state index in [-0.39, 0.29) is 36.7 Å². The van der Waals surface area contributed by atoms with Crippen LogP contribution < -0.4 is 39.0 Å². The molecule has 2 aromatic heterocycles. The van der Waals surface area contributed by atoms with E-state index in [1.165, 1.54) is 0 Å². The molecule has 0 radical (unpaired) electrons. The second kappa shape index (κ2) is 8.31. The van der Waals surface area contributed by atoms with Gasteiger partial charge in [-0.3, -0.25) is 9.19 Å². The van der Waals surface area contributed by atoms with Gasteiger partial charge in [0.2, 0.25) is 0 Å². The number of hydrogen-bond acceptors (Lipinski definition) is 5. The Morgan fingerprint density at radius 1 is 1.24 bits per heavy atom. The molecule has 1 N–H and O–H groups in total. The van der Waals surface area contributed by atoms with Gasteiger partial charge in [0.05, 0.1) is 47.5 Å². The molecule has 1 aromatic carbocycles. The molecule has 25 heavy (non-hydrogen) atoms. The topological polar surface area (TPSA) is 77.1 Å². The Morgan fingerprint density at radius 3 is 2.68 bits per heavy atom. The number of ether oxygens (including phenoxy) is 2. The van der Waals surface area contributed by atoms with Crippen molar-refractivity contribution in [3.05, 3.63) is 41.2 Å². The summed E-state index contributed by atoms with van der Waals surface area (Å²) in [4.78, 5) is 11.9. The Morgan fingerprint density at radius 2 is 2.00 bits per heavy atom. The molecule has 128 valence electrons. The molecule has 8 heteroatoms. The fraction of sp³-hybridized carbons (Fsp3) is 0.294. The van der Waals surface area contributed by atoms with Crippen LogP contribution in [-0.4, -0.2) is 33.4 Å². The number of H-pyrrole nitrogens is 1. The molecule has 3 rings (SSSR count). The van der Waals surface area contributed by atoms with Crippen molar-refractivity contribution in [3.63, 3.8) is 0 Å². The third kappa shape index (κ3) is 4.06. The molecule has 0 aliphatic carbocycles. The van der Waals surface area contributed by atoms with Crippen LogP contribution in [0.25, 0.3) is 11.0 Å². The third-order valence-corrected chi connectivity index (χ3v) is 5.06. The number of imidazole rings is 1. The summed E-state index contributed by atoms with van der Waals surface area (Å²) in [5.74, 6) is 1.79. The molecule has 6 nitrogen and oxygen atoms in total. The zero-order valence-electron chi connectivity index (χ0n) is 16.0. The molecule has 2 heterocycles. The number of rotatable bonds is 5. The zero-order chi connectivity index (χ0) is 17.3. The van der Waals surface area contributed by atoms with Crippen molar-refractivity contribution < 1.29 is 44.7 Å². The van der Waals surface area contributed by atoms with Crippen molar-refractivity contribution in [2.45, 2.75) is 24.8 Å². The van der Waals surface area contributed by atoms with Crippen LogP contribution >= 0.6 is 0 Å². The zero-order valence-corrected chi connectivity index (χ0v) is 17.9. The van der Waals surface area contributed by atoms with Gasteiger partial charge in [0.25, 0.3) is 0 Å². The molecule has 0 fully saturated rings. The molecule has 3 aromatic rings. The second-order valence-electron chi connectivity index (χ2n) is 5.46. The largest absolute Gasteiger partial charge is 1.00 e. The number of nitrogens with zero attached hydrogens (tertiary/aromatic N) is 2. The van der Waals surface area contributed by atoms with Crippen LogP contribution in [0.3, 0.4) is 0 Å². The first-order valence-corrected chi connectivity index (χ1v) is 8.76. The summed E-state index contributed by atoms with van der Waals surface area (Å²) in [7, 11) is 1.91. The summed E-state index contributed by atoms with van der Waals surface area (Å²) >= 11 is 0. The number of benzene rings is 1. The number of pyridine rings is 1. The molecule has 0 amide bonds. The Balaban J connectivity index is 0.00000169. The van der Waals surface area contributed by atoms with E-state index in [9.17, 15) is 4.21 Å². The molecule has 0 unspecified atom stereocenters. The molecular formula is C17H20N3NaO3S. The summed E-state index contributed by atoms with van der Waals surface area (Å²) in [6.45, 7) is 3.86. The summed E-state index contributed by atoms with van der Waals surface area (Å²) in [5.41, 5.74) is 4.16. The number of hydrogen-bond donors (Lipinski definition) is 1. The van der Waals surface area contributed by atoms with Gasteiger partial charge in [0.15, 0.2) is 5.16 Å². The van der Waals surface area contributed by atoms with Gasteiger partial charge in [0.1, 0.15) is 11.5 Å². The molecule has 0 saturated carbocycles. The number of aryl methyl sites for hydroxylation is 1. The SMILES string of the molecule is COc1ccc2nc([S@@](=O)Cc3ncc(C)c(OC)c3C)[nH]c2c1.[H-].[Na+]. The first-order chi connectivity index (χ1) is 11.5. The maximum Gasteiger partial charge on any atom is 1.00 e. The number of aromatic nitrogens is 3. The summed E-state index contributed by atoms with van der Waals surface area (Å²) in [5, 5.41) is 0.430. The molecule has 0 aliphatic rings. The van der Waals surface area contributed by atoms with Gasteiger partial charge in [-0.05, 0) is 26.0 Å². The molecule has 0 saturated heterocycles. The van der Waals surface area contributed by atoms with Crippen molar-refractivity contribution in [1.82, 2.24) is 15.0 Å². The minimum atomic E-state index is -1.33. The molecule has 0 bridgehead atoms. The number of nitrogens with one attached hydrogen (secondary N) is 1. The standard InChI is InChI=1S/C17H19N3O3S.Na.H/c1-10-8-18-15(11(2)16(10)23-4)9-24(21)17-19-13-6-5-12(22-3)7-14(13)20-17;;/h5-8H,9H2,1-4H3,(H,19,20);;/q;+1;-1/t24-;;/m0../s1. The van der Waals surface area contributed by atoms with E-state index in [1.807, 2.05) is 32.0 Å². The van der Waals surface area contributed by atoms with Crippen LogP contribution in [0.5, 0.6) is 11.5 Å². The van der Waals surface area contributed by atoms with Crippen molar-refractivity contribution in [2.24, 2.45) is 0 Å². The summed E-state index contributed by atoms with van der Waals surface area (Å²) < 4.78 is 23.3. The van der Waals surface area contributed by atoms with E-state index < -0.39 is 10.8 Å². The van der Waals surface area contributed by atoms with E-state index in [0.29, 0.717) is 5.16 Å². The molecule has 1 atom stereocenters. The van der Waals surface area contributed by atoms with Crippen LogP contribution in [0.15, 0.2) is 29.6 Å². The summed E-state index contributed by atoms with van der Waals surface area (Å²) in [6, 6.07) is 5.50. The smallest absolute Gasteiger partial charge is 1.00 e. The Kier molecular flexibility index (Phi) is 6.62. The fourth-order valence-corrected chi connectivity index (χ4v) is 3.71. The van der Waals surface area contributed by atoms with Gasteiger partial charge < -0.3 is 15.9 Å². The van der Waals surface area contributed by atoms with E-state index >= 15 is 0 Å². The Bertz CT molecular complexity index is 933. The predicted molar refractivity (Wildman–Crippen MR) is 94.1 cm³/mol. The summed E-state index contributed by atoms with van der Waals surface area (Å²) in [6.07, 6.45) is 1.74. The van der Waals surface area contributed by atoms with E-state index in [1.54, 1.807) is 20.4 Å². The normalized spacial score (nSPS) is 11.8. The van der Waals surface area contributed by atoms with Crippen LogP contribution in [0, 0.1) is 13.8 Å². The first-order valence-electron chi connectivity index (χ1n) is 7.44. The Hall–Kier alpha value is -1.41. The monoisotopic (exact) mass is 369 g/mol. The van der Waals surface area contributed by atoms with Crippen LogP contribution in [0.1, 0.15) is 18.2 Å². The van der Waals surface area contributed by atoms with Crippen molar-refractivity contribution >= 4 is 21.8 Å². The third-order valence-electron chi connectivity index (χ3n) is 3.90. The van der Waals surface area contributed by atoms with Crippen molar-refractivity contribution in [1.29, 1.82) is 0 Å². The number of aromatic amines is 1. The van der Waals surface area contributed by atoms with Crippen molar-refractivity contribution in [3.8, 4) is 11.5 Å². The number of methoxy groups -OCH3 is 2. The van der Waals surface area contributed by atoms with Gasteiger partial charge in [-0.25, -0.2) is 4.98 Å². The van der Waals surface area contributed by atoms with Crippen LogP contribution in [0.4, 0.5) is 0 Å². The van der Waals surface area contributed by atoms with Gasteiger partial charge in [-0.1, -0.05) is 0 Å². The number of fused-ring (bicyclic) bond motifs is 1. The van der Waals surface area contributed by atoms with Gasteiger partial charge in [0, 0.05) is 23.4 Å². The van der Waals surface area contributed by atoms with E-state index in [4.69, 9.17) is 9.47 Å². The van der Waals surface area contributed by atoms with Crippen molar-refractivity contribution in [2.75, 3.05) is 14.2 Å². The van der Waals surface area contributed by atoms with E-state index in [2.05, 4.69) is 15.0 Å². The second-order valence-corrected chi connectivity index (χ2v) is 6.83. The quantitative estimate of drug-likeness (QED) is 0.642. The maximum atomic E-state index is 12.7. The fourth-order valence-electron chi connectivity index (χ4n) is 2.61. The van der Waals surface area contributed by atoms with E-state index in [0.717, 1.165) is 39.4 Å². The average molecular weight is 369 g/mol. The molecular weight excluding hydrogens is 349 g/mol. The maximum absolute atomic E-state index is 12.7. The minimum absolute atomic E-state index is 0. The van der Waals surface area contributed by atoms with Gasteiger partial charge in [-0.2, -0.15) is 0 Å². The first kappa shape index (κ1) is 19.9. The van der Waals surface area contributed by atoms with Gasteiger partial charge >= 0.3 is 29.6 Å². The predicted octanol–water partition coefficient (Wildman–Crippen LogP) is 0.0162. The minimum Gasteiger partial charge on any atom is -1.00 e. The van der Waals surface area contributed by atoms with Gasteiger partial charge in [-0.15, -0.1) is 0 Å². The van der Waals surface area contributed by atoms with Crippen LogP contribution in [0.2, 0.25) is 0 Å².